The Morgan fingerprint density at radius 2 is 1.73 bits per heavy atom. The Hall–Kier alpha value is -1.51. The number of hydrogen-bond donors (Lipinski definition) is 1. The quantitative estimate of drug-likeness (QED) is 0.765. The van der Waals surface area contributed by atoms with E-state index >= 15 is 0 Å². The van der Waals surface area contributed by atoms with Gasteiger partial charge in [-0.05, 0) is 18.2 Å². The van der Waals surface area contributed by atoms with Gasteiger partial charge in [-0.25, -0.2) is 0 Å². The molecule has 0 amide bonds. The van der Waals surface area contributed by atoms with Crippen molar-refractivity contribution in [1.29, 1.82) is 0 Å². The second-order valence-corrected chi connectivity index (χ2v) is 2.05. The smallest absolute Gasteiger partial charge is 0.161 e. The molecule has 1 aromatic rings. The lowest BCUT2D eigenvalue weighted by molar-refractivity contribution is 0.112. The highest BCUT2D eigenvalue weighted by Crippen LogP contribution is 2.25. The lowest BCUT2D eigenvalue weighted by Crippen LogP contribution is -1.85. The zero-order valence-electron chi connectivity index (χ0n) is 10.1. The minimum Gasteiger partial charge on any atom is -0.504 e. The Bertz CT molecular complexity index is 270. The highest BCUT2D eigenvalue weighted by atomic mass is 16.5. The van der Waals surface area contributed by atoms with Gasteiger partial charge in [-0.1, -0.05) is 27.7 Å². The molecule has 0 fully saturated rings. The molecular weight excluding hydrogens is 192 g/mol. The molecule has 1 N–H and O–H groups in total. The molecule has 0 radical (unpaired) electrons. The third-order valence-corrected chi connectivity index (χ3v) is 1.34. The van der Waals surface area contributed by atoms with Gasteiger partial charge in [-0.3, -0.25) is 4.79 Å². The second-order valence-electron chi connectivity index (χ2n) is 2.05. The van der Waals surface area contributed by atoms with Gasteiger partial charge in [0.2, 0.25) is 0 Å². The number of methoxy groups -OCH3 is 1. The van der Waals surface area contributed by atoms with E-state index in [-0.39, 0.29) is 5.75 Å². The van der Waals surface area contributed by atoms with Crippen molar-refractivity contribution in [3.8, 4) is 11.5 Å². The summed E-state index contributed by atoms with van der Waals surface area (Å²) in [5.41, 5.74) is 0.486. The van der Waals surface area contributed by atoms with E-state index in [2.05, 4.69) is 0 Å². The number of carbonyl (C=O) groups is 1. The van der Waals surface area contributed by atoms with Gasteiger partial charge >= 0.3 is 0 Å². The Balaban J connectivity index is 0. The van der Waals surface area contributed by atoms with Crippen LogP contribution in [0.4, 0.5) is 0 Å². The van der Waals surface area contributed by atoms with Crippen LogP contribution in [0.15, 0.2) is 18.2 Å². The van der Waals surface area contributed by atoms with Gasteiger partial charge in [0.05, 0.1) is 7.11 Å². The Labute approximate surface area is 91.7 Å². The number of aromatic hydroxyl groups is 1. The normalized spacial score (nSPS) is 7.53. The van der Waals surface area contributed by atoms with Crippen molar-refractivity contribution in [2.75, 3.05) is 7.11 Å². The van der Waals surface area contributed by atoms with Crippen molar-refractivity contribution >= 4 is 6.29 Å². The number of rotatable bonds is 2. The van der Waals surface area contributed by atoms with Crippen LogP contribution in [0.1, 0.15) is 38.1 Å². The van der Waals surface area contributed by atoms with Gasteiger partial charge < -0.3 is 9.84 Å². The summed E-state index contributed by atoms with van der Waals surface area (Å²) in [6, 6.07) is 4.41. The molecule has 0 atom stereocenters. The molecule has 0 aliphatic carbocycles. The van der Waals surface area contributed by atoms with Crippen LogP contribution < -0.4 is 4.74 Å². The molecule has 3 heteroatoms. The second kappa shape index (κ2) is 10.6. The van der Waals surface area contributed by atoms with Crippen molar-refractivity contribution in [3.05, 3.63) is 23.8 Å². The monoisotopic (exact) mass is 212 g/mol. The maximum Gasteiger partial charge on any atom is 0.161 e. The predicted octanol–water partition coefficient (Wildman–Crippen LogP) is 3.27. The molecule has 3 nitrogen and oxygen atoms in total. The van der Waals surface area contributed by atoms with Gasteiger partial charge in [0, 0.05) is 5.56 Å². The lowest BCUT2D eigenvalue weighted by Gasteiger charge is -2.01. The first-order chi connectivity index (χ1) is 7.27. The first kappa shape index (κ1) is 15.9. The van der Waals surface area contributed by atoms with Crippen LogP contribution in [-0.4, -0.2) is 18.5 Å². The number of ether oxygens (including phenoxy) is 1. The van der Waals surface area contributed by atoms with E-state index in [0.717, 1.165) is 0 Å². The van der Waals surface area contributed by atoms with E-state index in [1.54, 1.807) is 0 Å². The van der Waals surface area contributed by atoms with E-state index in [4.69, 9.17) is 9.84 Å². The molecule has 0 unspecified atom stereocenters. The van der Waals surface area contributed by atoms with Crippen molar-refractivity contribution in [3.63, 3.8) is 0 Å². The fraction of sp³-hybridized carbons (Fsp3) is 0.417. The van der Waals surface area contributed by atoms with E-state index in [0.29, 0.717) is 17.6 Å². The van der Waals surface area contributed by atoms with Gasteiger partial charge in [0.15, 0.2) is 11.5 Å². The summed E-state index contributed by atoms with van der Waals surface area (Å²) in [4.78, 5) is 10.2. The van der Waals surface area contributed by atoms with E-state index in [9.17, 15) is 4.79 Å². The first-order valence-electron chi connectivity index (χ1n) is 5.10. The number of carbonyl (C=O) groups excluding carboxylic acids is 1. The van der Waals surface area contributed by atoms with Crippen molar-refractivity contribution < 1.29 is 14.6 Å². The highest BCUT2D eigenvalue weighted by molar-refractivity contribution is 5.76. The first-order valence-corrected chi connectivity index (χ1v) is 5.10. The number of benzene rings is 1. The average molecular weight is 212 g/mol. The number of phenolic OH excluding ortho intramolecular Hbond substituents is 1. The standard InChI is InChI=1S/C8H8O3.2C2H6/c1-11-8-4-6(5-9)2-3-7(8)10;2*1-2/h2-5,10H,1H3;2*1-2H3. The summed E-state index contributed by atoms with van der Waals surface area (Å²) < 4.78 is 4.78. The topological polar surface area (TPSA) is 46.5 Å². The van der Waals surface area contributed by atoms with Crippen LogP contribution in [0.2, 0.25) is 0 Å². The number of hydrogen-bond acceptors (Lipinski definition) is 3. The summed E-state index contributed by atoms with van der Waals surface area (Å²) in [6.45, 7) is 8.00. The van der Waals surface area contributed by atoms with E-state index < -0.39 is 0 Å². The van der Waals surface area contributed by atoms with Crippen molar-refractivity contribution in [2.24, 2.45) is 0 Å². The Morgan fingerprint density at radius 3 is 2.13 bits per heavy atom. The molecule has 1 aromatic carbocycles. The SMILES string of the molecule is CC.CC.COc1cc(C=O)ccc1O. The maximum atomic E-state index is 10.2. The number of phenols is 1. The molecule has 0 aromatic heterocycles. The average Bonchev–Trinajstić information content (AvgIpc) is 2.35. The third kappa shape index (κ3) is 5.73. The molecule has 0 saturated carbocycles. The van der Waals surface area contributed by atoms with Gasteiger partial charge in [-0.2, -0.15) is 0 Å². The third-order valence-electron chi connectivity index (χ3n) is 1.34. The summed E-state index contributed by atoms with van der Waals surface area (Å²) >= 11 is 0. The molecule has 0 bridgehead atoms. The summed E-state index contributed by atoms with van der Waals surface area (Å²) in [6.07, 6.45) is 0.696. The van der Waals surface area contributed by atoms with Crippen molar-refractivity contribution in [2.45, 2.75) is 27.7 Å². The minimum atomic E-state index is 0.0399. The van der Waals surface area contributed by atoms with Crippen LogP contribution in [0.3, 0.4) is 0 Å². The summed E-state index contributed by atoms with van der Waals surface area (Å²) in [7, 11) is 1.43. The Morgan fingerprint density at radius 1 is 1.20 bits per heavy atom. The molecule has 15 heavy (non-hydrogen) atoms. The number of aldehydes is 1. The molecule has 0 heterocycles. The largest absolute Gasteiger partial charge is 0.504 e. The molecular formula is C12H20O3. The van der Waals surface area contributed by atoms with Crippen LogP contribution in [-0.2, 0) is 0 Å². The van der Waals surface area contributed by atoms with Gasteiger partial charge in [0.1, 0.15) is 6.29 Å². The fourth-order valence-electron chi connectivity index (χ4n) is 0.768. The Kier molecular flexibility index (Phi) is 11.2. The molecule has 0 aliphatic heterocycles. The zero-order valence-corrected chi connectivity index (χ0v) is 10.1. The van der Waals surface area contributed by atoms with E-state index in [1.165, 1.54) is 25.3 Å². The molecule has 0 spiro atoms. The molecule has 0 aliphatic rings. The summed E-state index contributed by atoms with van der Waals surface area (Å²) in [5, 5.41) is 9.09. The highest BCUT2D eigenvalue weighted by Gasteiger charge is 2.00. The van der Waals surface area contributed by atoms with Crippen LogP contribution in [0.5, 0.6) is 11.5 Å². The zero-order chi connectivity index (χ0) is 12.3. The maximum absolute atomic E-state index is 10.2. The van der Waals surface area contributed by atoms with Gasteiger partial charge in [-0.15, -0.1) is 0 Å². The van der Waals surface area contributed by atoms with Crippen LogP contribution in [0.25, 0.3) is 0 Å². The lowest BCUT2D eigenvalue weighted by atomic mass is 10.2. The molecule has 0 saturated heterocycles. The molecule has 86 valence electrons. The fourth-order valence-corrected chi connectivity index (χ4v) is 0.768. The minimum absolute atomic E-state index is 0.0399. The van der Waals surface area contributed by atoms with Crippen molar-refractivity contribution in [1.82, 2.24) is 0 Å². The van der Waals surface area contributed by atoms with Crippen LogP contribution >= 0.6 is 0 Å². The van der Waals surface area contributed by atoms with E-state index in [1.807, 2.05) is 27.7 Å². The predicted molar refractivity (Wildman–Crippen MR) is 62.7 cm³/mol. The van der Waals surface area contributed by atoms with Crippen LogP contribution in [0, 0.1) is 0 Å². The molecule has 1 rings (SSSR count). The summed E-state index contributed by atoms with van der Waals surface area (Å²) in [5.74, 6) is 0.354. The van der Waals surface area contributed by atoms with Gasteiger partial charge in [0.25, 0.3) is 0 Å².